The minimum Gasteiger partial charge on any atom is -0.444 e. The molecule has 0 radical (unpaired) electrons. The van der Waals surface area contributed by atoms with Crippen LogP contribution in [0.25, 0.3) is 0 Å². The number of hydrogen-bond acceptors (Lipinski definition) is 4. The molecule has 1 unspecified atom stereocenters. The Bertz CT molecular complexity index is 1050. The Kier molecular flexibility index (Phi) is 7.36. The van der Waals surface area contributed by atoms with Crippen molar-refractivity contribution in [3.63, 3.8) is 0 Å². The van der Waals surface area contributed by atoms with E-state index in [2.05, 4.69) is 16.0 Å². The summed E-state index contributed by atoms with van der Waals surface area (Å²) in [6.45, 7) is 7.14. The fourth-order valence-corrected chi connectivity index (χ4v) is 3.78. The van der Waals surface area contributed by atoms with Gasteiger partial charge in [0, 0.05) is 24.6 Å². The number of rotatable bonds is 6. The van der Waals surface area contributed by atoms with Crippen LogP contribution < -0.4 is 16.0 Å². The molecule has 2 atom stereocenters. The highest BCUT2D eigenvalue weighted by Gasteiger charge is 2.30. The number of aryl methyl sites for hydroxylation is 1. The largest absolute Gasteiger partial charge is 0.444 e. The molecule has 0 aliphatic carbocycles. The van der Waals surface area contributed by atoms with Gasteiger partial charge in [-0.1, -0.05) is 30.3 Å². The summed E-state index contributed by atoms with van der Waals surface area (Å²) in [7, 11) is 0. The van der Waals surface area contributed by atoms with Gasteiger partial charge in [0.05, 0.1) is 0 Å². The van der Waals surface area contributed by atoms with Gasteiger partial charge in [0.2, 0.25) is 11.8 Å². The van der Waals surface area contributed by atoms with Crippen molar-refractivity contribution in [3.05, 3.63) is 65.0 Å². The van der Waals surface area contributed by atoms with E-state index in [0.717, 1.165) is 16.8 Å². The maximum Gasteiger partial charge on any atom is 0.407 e. The summed E-state index contributed by atoms with van der Waals surface area (Å²) in [5.74, 6) is -1.15. The number of anilines is 1. The Morgan fingerprint density at radius 2 is 1.91 bits per heavy atom. The number of hydrogen-bond donors (Lipinski definition) is 3. The monoisotopic (exact) mass is 455 g/mol. The molecule has 0 saturated carbocycles. The zero-order valence-corrected chi connectivity index (χ0v) is 19.3. The van der Waals surface area contributed by atoms with Crippen molar-refractivity contribution in [2.24, 2.45) is 0 Å². The molecule has 8 heteroatoms. The van der Waals surface area contributed by atoms with Crippen LogP contribution in [0.15, 0.2) is 42.5 Å². The van der Waals surface area contributed by atoms with Crippen molar-refractivity contribution >= 4 is 23.6 Å². The van der Waals surface area contributed by atoms with E-state index in [0.29, 0.717) is 12.0 Å². The van der Waals surface area contributed by atoms with Gasteiger partial charge in [-0.2, -0.15) is 0 Å². The third kappa shape index (κ3) is 6.78. The van der Waals surface area contributed by atoms with Crippen LogP contribution in [0.1, 0.15) is 43.9 Å². The Morgan fingerprint density at radius 3 is 2.61 bits per heavy atom. The highest BCUT2D eigenvalue weighted by Crippen LogP contribution is 2.25. The quantitative estimate of drug-likeness (QED) is 0.620. The van der Waals surface area contributed by atoms with E-state index in [1.54, 1.807) is 39.0 Å². The average molecular weight is 456 g/mol. The van der Waals surface area contributed by atoms with Gasteiger partial charge in [-0.05, 0) is 62.9 Å². The van der Waals surface area contributed by atoms with Crippen LogP contribution in [-0.4, -0.2) is 35.6 Å². The standard InChI is InChI=1S/C25H30FN3O4/c1-15-8-7-11-20-18(15)14-21(23(31)29-20)28-22(30)13-17(27-24(32)33-25(2,3)4)12-16-9-5-6-10-19(16)26/h5-11,17,21H,12-14H2,1-4H3,(H,27,32)(H,28,30)(H,29,31)/t17-,21?/m1/s1. The van der Waals surface area contributed by atoms with Crippen molar-refractivity contribution < 1.29 is 23.5 Å². The van der Waals surface area contributed by atoms with Crippen LogP contribution in [0, 0.1) is 12.7 Å². The summed E-state index contributed by atoms with van der Waals surface area (Å²) in [5.41, 5.74) is 2.38. The van der Waals surface area contributed by atoms with Gasteiger partial charge in [0.15, 0.2) is 0 Å². The SMILES string of the molecule is Cc1cccc2c1CC(NC(=O)C[C@@H](Cc1ccccc1F)NC(=O)OC(C)(C)C)C(=O)N2. The van der Waals surface area contributed by atoms with Crippen LogP contribution in [0.4, 0.5) is 14.9 Å². The molecule has 3 N–H and O–H groups in total. The van der Waals surface area contributed by atoms with E-state index >= 15 is 0 Å². The topological polar surface area (TPSA) is 96.5 Å². The second-order valence-electron chi connectivity index (χ2n) is 9.26. The number of carbonyl (C=O) groups excluding carboxylic acids is 3. The Labute approximate surface area is 193 Å². The molecule has 2 aromatic carbocycles. The first-order chi connectivity index (χ1) is 15.5. The zero-order chi connectivity index (χ0) is 24.2. The number of amides is 3. The second-order valence-corrected chi connectivity index (χ2v) is 9.26. The number of ether oxygens (including phenoxy) is 1. The van der Waals surface area contributed by atoms with Crippen molar-refractivity contribution in [2.75, 3.05) is 5.32 Å². The predicted octanol–water partition coefficient (Wildman–Crippen LogP) is 3.64. The van der Waals surface area contributed by atoms with Gasteiger partial charge >= 0.3 is 6.09 Å². The Morgan fingerprint density at radius 1 is 1.18 bits per heavy atom. The summed E-state index contributed by atoms with van der Waals surface area (Å²) in [5, 5.41) is 8.24. The minimum atomic E-state index is -0.735. The number of fused-ring (bicyclic) bond motifs is 1. The number of nitrogens with one attached hydrogen (secondary N) is 3. The van der Waals surface area contributed by atoms with Gasteiger partial charge in [-0.15, -0.1) is 0 Å². The molecule has 3 amide bonds. The second kappa shape index (κ2) is 10.0. The van der Waals surface area contributed by atoms with E-state index in [4.69, 9.17) is 4.74 Å². The molecule has 0 saturated heterocycles. The van der Waals surface area contributed by atoms with Crippen molar-refractivity contribution in [1.82, 2.24) is 10.6 Å². The molecule has 0 fully saturated rings. The lowest BCUT2D eigenvalue weighted by atomic mass is 9.94. The molecule has 1 heterocycles. The normalized spacial score (nSPS) is 16.3. The molecule has 1 aliphatic rings. The Hall–Kier alpha value is -3.42. The van der Waals surface area contributed by atoms with Crippen LogP contribution in [0.5, 0.6) is 0 Å². The number of alkyl carbamates (subject to hydrolysis) is 1. The molecular weight excluding hydrogens is 425 g/mol. The lowest BCUT2D eigenvalue weighted by molar-refractivity contribution is -0.127. The maximum atomic E-state index is 14.2. The van der Waals surface area contributed by atoms with Gasteiger partial charge in [0.25, 0.3) is 0 Å². The fourth-order valence-electron chi connectivity index (χ4n) is 3.78. The summed E-state index contributed by atoms with van der Waals surface area (Å²) >= 11 is 0. The maximum absolute atomic E-state index is 14.2. The summed E-state index contributed by atoms with van der Waals surface area (Å²) < 4.78 is 19.5. The Balaban J connectivity index is 1.70. The smallest absolute Gasteiger partial charge is 0.407 e. The molecule has 176 valence electrons. The van der Waals surface area contributed by atoms with Crippen molar-refractivity contribution in [3.8, 4) is 0 Å². The van der Waals surface area contributed by atoms with Crippen LogP contribution in [0.2, 0.25) is 0 Å². The molecule has 33 heavy (non-hydrogen) atoms. The molecule has 0 aromatic heterocycles. The van der Waals surface area contributed by atoms with E-state index in [1.165, 1.54) is 6.07 Å². The minimum absolute atomic E-state index is 0.0954. The van der Waals surface area contributed by atoms with Crippen LogP contribution in [-0.2, 0) is 27.2 Å². The summed E-state index contributed by atoms with van der Waals surface area (Å²) in [6.07, 6.45) is -0.371. The van der Waals surface area contributed by atoms with Crippen molar-refractivity contribution in [1.29, 1.82) is 0 Å². The van der Waals surface area contributed by atoms with Crippen LogP contribution >= 0.6 is 0 Å². The molecule has 3 rings (SSSR count). The first kappa shape index (κ1) is 24.2. The third-order valence-electron chi connectivity index (χ3n) is 5.30. The van der Waals surface area contributed by atoms with E-state index < -0.39 is 35.5 Å². The number of carbonyl (C=O) groups is 3. The molecule has 1 aliphatic heterocycles. The van der Waals surface area contributed by atoms with Gasteiger partial charge < -0.3 is 20.7 Å². The van der Waals surface area contributed by atoms with E-state index in [9.17, 15) is 18.8 Å². The molecule has 0 bridgehead atoms. The first-order valence-corrected chi connectivity index (χ1v) is 10.9. The lowest BCUT2D eigenvalue weighted by Gasteiger charge is -2.28. The average Bonchev–Trinajstić information content (AvgIpc) is 2.69. The molecule has 2 aromatic rings. The fraction of sp³-hybridized carbons (Fsp3) is 0.400. The molecular formula is C25H30FN3O4. The van der Waals surface area contributed by atoms with Gasteiger partial charge in [-0.3, -0.25) is 9.59 Å². The highest BCUT2D eigenvalue weighted by molar-refractivity contribution is 6.00. The summed E-state index contributed by atoms with van der Waals surface area (Å²) in [4.78, 5) is 37.6. The number of benzene rings is 2. The zero-order valence-electron chi connectivity index (χ0n) is 19.3. The molecule has 0 spiro atoms. The van der Waals surface area contributed by atoms with E-state index in [1.807, 2.05) is 25.1 Å². The summed E-state index contributed by atoms with van der Waals surface area (Å²) in [6, 6.07) is 10.4. The van der Waals surface area contributed by atoms with Gasteiger partial charge in [-0.25, -0.2) is 9.18 Å². The first-order valence-electron chi connectivity index (χ1n) is 10.9. The predicted molar refractivity (Wildman–Crippen MR) is 123 cm³/mol. The lowest BCUT2D eigenvalue weighted by Crippen LogP contribution is -2.50. The van der Waals surface area contributed by atoms with Crippen molar-refractivity contribution in [2.45, 2.75) is 64.6 Å². The highest BCUT2D eigenvalue weighted by atomic mass is 19.1. The molecule has 7 nitrogen and oxygen atoms in total. The van der Waals surface area contributed by atoms with Gasteiger partial charge in [0.1, 0.15) is 17.5 Å². The number of halogens is 1. The third-order valence-corrected chi connectivity index (χ3v) is 5.30. The van der Waals surface area contributed by atoms with E-state index in [-0.39, 0.29) is 18.7 Å². The van der Waals surface area contributed by atoms with Crippen LogP contribution in [0.3, 0.4) is 0 Å².